The molecule has 3 aromatic rings. The average Bonchev–Trinajstić information content (AvgIpc) is 3.07. The van der Waals surface area contributed by atoms with E-state index in [4.69, 9.17) is 4.98 Å². The Balaban J connectivity index is 1.70. The number of amides is 1. The van der Waals surface area contributed by atoms with Crippen molar-refractivity contribution in [1.29, 1.82) is 0 Å². The van der Waals surface area contributed by atoms with Gasteiger partial charge in [0.05, 0.1) is 5.69 Å². The van der Waals surface area contributed by atoms with E-state index in [0.29, 0.717) is 11.8 Å². The third-order valence-corrected chi connectivity index (χ3v) is 6.23. The van der Waals surface area contributed by atoms with Gasteiger partial charge in [-0.05, 0) is 42.9 Å². The molecule has 0 aliphatic heterocycles. The van der Waals surface area contributed by atoms with Gasteiger partial charge in [0, 0.05) is 35.2 Å². The molecule has 1 aliphatic carbocycles. The van der Waals surface area contributed by atoms with E-state index in [9.17, 15) is 4.79 Å². The van der Waals surface area contributed by atoms with Crippen LogP contribution >= 0.6 is 11.8 Å². The summed E-state index contributed by atoms with van der Waals surface area (Å²) in [7, 11) is 0. The van der Waals surface area contributed by atoms with Crippen LogP contribution in [0.25, 0.3) is 22.3 Å². The molecule has 2 aromatic heterocycles. The number of hydrogen-bond donors (Lipinski definition) is 2. The quantitative estimate of drug-likeness (QED) is 0.574. The number of nitrogens with zero attached hydrogens (tertiary/aromatic N) is 1. The summed E-state index contributed by atoms with van der Waals surface area (Å²) in [5.74, 6) is -0.000410. The number of benzene rings is 1. The molecule has 5 heteroatoms. The molecule has 0 radical (unpaired) electrons. The van der Waals surface area contributed by atoms with Gasteiger partial charge < -0.3 is 10.3 Å². The van der Waals surface area contributed by atoms with Crippen LogP contribution in [0.3, 0.4) is 0 Å². The summed E-state index contributed by atoms with van der Waals surface area (Å²) in [6.07, 6.45) is 11.0. The maximum absolute atomic E-state index is 11.3. The van der Waals surface area contributed by atoms with Crippen LogP contribution in [0.4, 0.5) is 0 Å². The second kappa shape index (κ2) is 8.65. The van der Waals surface area contributed by atoms with Crippen LogP contribution in [0.1, 0.15) is 31.7 Å². The highest BCUT2D eigenvalue weighted by Gasteiger charge is 2.16. The predicted octanol–water partition coefficient (Wildman–Crippen LogP) is 5.11. The van der Waals surface area contributed by atoms with E-state index in [-0.39, 0.29) is 5.91 Å². The Kier molecular flexibility index (Phi) is 5.81. The van der Waals surface area contributed by atoms with Crippen molar-refractivity contribution in [2.45, 2.75) is 42.8 Å². The van der Waals surface area contributed by atoms with Crippen LogP contribution in [0.2, 0.25) is 0 Å². The number of thioether (sulfide) groups is 1. The number of aromatic nitrogens is 2. The van der Waals surface area contributed by atoms with E-state index in [1.54, 1.807) is 6.92 Å². The SMILES string of the molecule is CC(=O)NCCc1c(-c2ccccc2)[nH]c2ncc(SC3C=CCCC3)cc12. The van der Waals surface area contributed by atoms with E-state index < -0.39 is 0 Å². The van der Waals surface area contributed by atoms with Gasteiger partial charge in [-0.3, -0.25) is 4.79 Å². The van der Waals surface area contributed by atoms with Crippen molar-refractivity contribution >= 4 is 28.7 Å². The third-order valence-electron chi connectivity index (χ3n) is 5.04. The Morgan fingerprint density at radius 1 is 1.32 bits per heavy atom. The van der Waals surface area contributed by atoms with Gasteiger partial charge in [0.1, 0.15) is 5.65 Å². The van der Waals surface area contributed by atoms with Crippen molar-refractivity contribution in [3.05, 3.63) is 60.3 Å². The summed E-state index contributed by atoms with van der Waals surface area (Å²) in [6.45, 7) is 2.17. The molecule has 1 aliphatic rings. The molecule has 4 rings (SSSR count). The monoisotopic (exact) mass is 391 g/mol. The lowest BCUT2D eigenvalue weighted by Crippen LogP contribution is -2.22. The minimum absolute atomic E-state index is 0.000410. The molecule has 0 fully saturated rings. The molecule has 0 bridgehead atoms. The van der Waals surface area contributed by atoms with Crippen molar-refractivity contribution in [3.63, 3.8) is 0 Å². The molecule has 2 heterocycles. The molecule has 1 unspecified atom stereocenters. The smallest absolute Gasteiger partial charge is 0.216 e. The normalized spacial score (nSPS) is 16.4. The van der Waals surface area contributed by atoms with Gasteiger partial charge in [-0.2, -0.15) is 0 Å². The fraction of sp³-hybridized carbons (Fsp3) is 0.304. The van der Waals surface area contributed by atoms with E-state index in [2.05, 4.69) is 40.7 Å². The maximum atomic E-state index is 11.3. The maximum Gasteiger partial charge on any atom is 0.216 e. The molecule has 1 amide bonds. The minimum atomic E-state index is -0.000410. The van der Waals surface area contributed by atoms with Crippen LogP contribution in [0, 0.1) is 0 Å². The number of rotatable bonds is 6. The lowest BCUT2D eigenvalue weighted by Gasteiger charge is -2.15. The molecule has 2 N–H and O–H groups in total. The Morgan fingerprint density at radius 2 is 2.18 bits per heavy atom. The molecule has 0 saturated carbocycles. The van der Waals surface area contributed by atoms with Gasteiger partial charge in [0.25, 0.3) is 0 Å². The second-order valence-corrected chi connectivity index (χ2v) is 8.47. The predicted molar refractivity (Wildman–Crippen MR) is 117 cm³/mol. The average molecular weight is 392 g/mol. The molecule has 0 saturated heterocycles. The first-order valence-corrected chi connectivity index (χ1v) is 10.7. The zero-order valence-corrected chi connectivity index (χ0v) is 16.9. The molecule has 144 valence electrons. The largest absolute Gasteiger partial charge is 0.356 e. The van der Waals surface area contributed by atoms with Crippen LogP contribution in [-0.2, 0) is 11.2 Å². The summed E-state index contributed by atoms with van der Waals surface area (Å²) >= 11 is 1.89. The summed E-state index contributed by atoms with van der Waals surface area (Å²) in [5, 5.41) is 4.60. The lowest BCUT2D eigenvalue weighted by atomic mass is 10.0. The Morgan fingerprint density at radius 3 is 2.93 bits per heavy atom. The second-order valence-electron chi connectivity index (χ2n) is 7.16. The zero-order valence-electron chi connectivity index (χ0n) is 16.1. The van der Waals surface area contributed by atoms with E-state index >= 15 is 0 Å². The first-order valence-electron chi connectivity index (χ1n) is 9.84. The fourth-order valence-electron chi connectivity index (χ4n) is 3.70. The van der Waals surface area contributed by atoms with Crippen LogP contribution < -0.4 is 5.32 Å². The summed E-state index contributed by atoms with van der Waals surface area (Å²) < 4.78 is 0. The molecular formula is C23H25N3OS. The summed E-state index contributed by atoms with van der Waals surface area (Å²) in [5.41, 5.74) is 4.35. The van der Waals surface area contributed by atoms with Crippen LogP contribution in [-0.4, -0.2) is 27.7 Å². The summed E-state index contributed by atoms with van der Waals surface area (Å²) in [4.78, 5) is 20.7. The molecular weight excluding hydrogens is 366 g/mol. The van der Waals surface area contributed by atoms with Crippen LogP contribution in [0.15, 0.2) is 59.6 Å². The number of carbonyl (C=O) groups is 1. The van der Waals surface area contributed by atoms with Gasteiger partial charge in [0.15, 0.2) is 0 Å². The number of hydrogen-bond acceptors (Lipinski definition) is 3. The van der Waals surface area contributed by atoms with Crippen molar-refractivity contribution < 1.29 is 4.79 Å². The summed E-state index contributed by atoms with van der Waals surface area (Å²) in [6, 6.07) is 12.6. The molecule has 4 nitrogen and oxygen atoms in total. The highest BCUT2D eigenvalue weighted by molar-refractivity contribution is 8.00. The van der Waals surface area contributed by atoms with Crippen molar-refractivity contribution in [1.82, 2.24) is 15.3 Å². The topological polar surface area (TPSA) is 57.8 Å². The van der Waals surface area contributed by atoms with Crippen LogP contribution in [0.5, 0.6) is 0 Å². The van der Waals surface area contributed by atoms with Gasteiger partial charge in [0.2, 0.25) is 5.91 Å². The first kappa shape index (κ1) is 18.8. The number of nitrogens with one attached hydrogen (secondary N) is 2. The van der Waals surface area contributed by atoms with Crippen molar-refractivity contribution in [2.24, 2.45) is 0 Å². The number of fused-ring (bicyclic) bond motifs is 1. The van der Waals surface area contributed by atoms with Gasteiger partial charge >= 0.3 is 0 Å². The Labute approximate surface area is 169 Å². The lowest BCUT2D eigenvalue weighted by molar-refractivity contribution is -0.118. The van der Waals surface area contributed by atoms with Gasteiger partial charge in [-0.1, -0.05) is 42.5 Å². The third kappa shape index (κ3) is 4.30. The zero-order chi connectivity index (χ0) is 19.3. The van der Waals surface area contributed by atoms with E-state index in [1.165, 1.54) is 29.7 Å². The number of H-pyrrole nitrogens is 1. The molecule has 28 heavy (non-hydrogen) atoms. The minimum Gasteiger partial charge on any atom is -0.356 e. The molecule has 1 aromatic carbocycles. The highest BCUT2D eigenvalue weighted by atomic mass is 32.2. The highest BCUT2D eigenvalue weighted by Crippen LogP contribution is 2.35. The number of carbonyl (C=O) groups excluding carboxylic acids is 1. The van der Waals surface area contributed by atoms with Crippen molar-refractivity contribution in [3.8, 4) is 11.3 Å². The van der Waals surface area contributed by atoms with E-state index in [0.717, 1.165) is 28.7 Å². The Bertz CT molecular complexity index is 994. The van der Waals surface area contributed by atoms with Gasteiger partial charge in [-0.25, -0.2) is 4.98 Å². The Hall–Kier alpha value is -2.53. The number of allylic oxidation sites excluding steroid dienone is 1. The number of pyridine rings is 1. The van der Waals surface area contributed by atoms with Gasteiger partial charge in [-0.15, -0.1) is 11.8 Å². The van der Waals surface area contributed by atoms with E-state index in [1.807, 2.05) is 36.2 Å². The number of aromatic amines is 1. The fourth-order valence-corrected chi connectivity index (χ4v) is 4.82. The van der Waals surface area contributed by atoms with Crippen molar-refractivity contribution in [2.75, 3.05) is 6.54 Å². The molecule has 0 spiro atoms. The standard InChI is InChI=1S/C23H25N3OS/c1-16(27)24-13-12-20-21-14-19(28-18-10-6-3-7-11-18)15-25-23(21)26-22(20)17-8-4-2-5-9-17/h2,4-6,8-10,14-15,18H,3,7,11-13H2,1H3,(H,24,27)(H,25,26). The molecule has 1 atom stereocenters. The first-order chi connectivity index (χ1) is 13.7.